The Hall–Kier alpha value is -0.520. The Kier molecular flexibility index (Phi) is 3.48. The van der Waals surface area contributed by atoms with E-state index >= 15 is 0 Å². The topological polar surface area (TPSA) is 0 Å². The minimum Gasteiger partial charge on any atom is -0.0911 e. The maximum atomic E-state index is 2.75. The first-order valence-corrected chi connectivity index (χ1v) is 11.9. The summed E-state index contributed by atoms with van der Waals surface area (Å²) in [5.41, 5.74) is 1.16. The van der Waals surface area contributed by atoms with Gasteiger partial charge in [0.05, 0.1) is 0 Å². The molecular formula is C26H38. The maximum absolute atomic E-state index is 2.75. The maximum Gasteiger partial charge on any atom is -0.00791 e. The lowest BCUT2D eigenvalue weighted by atomic mass is 9.35. The molecule has 8 rings (SSSR count). The van der Waals surface area contributed by atoms with E-state index in [-0.39, 0.29) is 0 Å². The average Bonchev–Trinajstić information content (AvgIpc) is 2.56. The van der Waals surface area contributed by atoms with Crippen molar-refractivity contribution in [3.05, 3.63) is 24.3 Å². The van der Waals surface area contributed by atoms with E-state index in [2.05, 4.69) is 38.2 Å². The Labute approximate surface area is 160 Å². The summed E-state index contributed by atoms with van der Waals surface area (Å²) < 4.78 is 0. The van der Waals surface area contributed by atoms with Gasteiger partial charge in [0, 0.05) is 0 Å². The van der Waals surface area contributed by atoms with Crippen molar-refractivity contribution in [2.75, 3.05) is 0 Å². The monoisotopic (exact) mass is 350 g/mol. The lowest BCUT2D eigenvalue weighted by Gasteiger charge is -2.70. The number of hydrogen-bond donors (Lipinski definition) is 0. The summed E-state index contributed by atoms with van der Waals surface area (Å²) in [5.74, 6) is 8.39. The first-order valence-electron chi connectivity index (χ1n) is 11.9. The highest BCUT2D eigenvalue weighted by molar-refractivity contribution is 5.22. The van der Waals surface area contributed by atoms with Crippen molar-refractivity contribution in [2.45, 2.75) is 78.1 Å². The second kappa shape index (κ2) is 5.51. The smallest absolute Gasteiger partial charge is 0.00791 e. The summed E-state index contributed by atoms with van der Waals surface area (Å²) in [6.07, 6.45) is 26.0. The summed E-state index contributed by atoms with van der Waals surface area (Å²) >= 11 is 0. The third kappa shape index (κ3) is 2.08. The Morgan fingerprint density at radius 3 is 1.19 bits per heavy atom. The highest BCUT2D eigenvalue weighted by Gasteiger charge is 2.65. The van der Waals surface area contributed by atoms with Gasteiger partial charge in [-0.3, -0.25) is 0 Å². The number of allylic oxidation sites excluding steroid dienone is 4. The number of rotatable bonds is 3. The summed E-state index contributed by atoms with van der Waals surface area (Å²) in [7, 11) is 0. The molecule has 6 atom stereocenters. The van der Waals surface area contributed by atoms with Crippen molar-refractivity contribution in [3.63, 3.8) is 0 Å². The molecule has 142 valence electrons. The fraction of sp³-hybridized carbons (Fsp3) is 0.846. The molecule has 0 radical (unpaired) electrons. The van der Waals surface area contributed by atoms with Crippen LogP contribution in [0.2, 0.25) is 0 Å². The van der Waals surface area contributed by atoms with Gasteiger partial charge in [-0.25, -0.2) is 0 Å². The van der Waals surface area contributed by atoms with E-state index in [9.17, 15) is 0 Å². The fourth-order valence-corrected chi connectivity index (χ4v) is 10.7. The van der Waals surface area contributed by atoms with Crippen molar-refractivity contribution in [2.24, 2.45) is 58.2 Å². The molecule has 0 saturated heterocycles. The third-order valence-electron chi connectivity index (χ3n) is 10.3. The average molecular weight is 351 g/mol. The van der Waals surface area contributed by atoms with Gasteiger partial charge in [-0.2, -0.15) is 0 Å². The molecule has 0 aromatic rings. The Morgan fingerprint density at radius 1 is 0.538 bits per heavy atom. The molecule has 8 fully saturated rings. The van der Waals surface area contributed by atoms with Crippen LogP contribution in [0.25, 0.3) is 0 Å². The zero-order chi connectivity index (χ0) is 17.5. The molecule has 0 N–H and O–H groups in total. The molecule has 26 heavy (non-hydrogen) atoms. The molecule has 8 bridgehead atoms. The highest BCUT2D eigenvalue weighted by Crippen LogP contribution is 2.73. The van der Waals surface area contributed by atoms with Crippen LogP contribution in [0.4, 0.5) is 0 Å². The van der Waals surface area contributed by atoms with E-state index in [4.69, 9.17) is 0 Å². The predicted octanol–water partition coefficient (Wildman–Crippen LogP) is 7.02. The lowest BCUT2D eigenvalue weighted by Crippen LogP contribution is -2.62. The molecule has 8 aliphatic rings. The predicted molar refractivity (Wildman–Crippen MR) is 109 cm³/mol. The van der Waals surface area contributed by atoms with E-state index < -0.39 is 0 Å². The van der Waals surface area contributed by atoms with E-state index in [0.717, 1.165) is 47.3 Å². The number of hydrogen-bond acceptors (Lipinski definition) is 0. The van der Waals surface area contributed by atoms with E-state index in [1.807, 2.05) is 0 Å². The van der Waals surface area contributed by atoms with Crippen LogP contribution in [0.1, 0.15) is 78.1 Å². The molecule has 8 aliphatic carbocycles. The Balaban J connectivity index is 1.46. The summed E-state index contributed by atoms with van der Waals surface area (Å²) in [4.78, 5) is 0. The van der Waals surface area contributed by atoms with Crippen LogP contribution in [0.3, 0.4) is 0 Å². The fourth-order valence-electron chi connectivity index (χ4n) is 10.7. The molecule has 0 aromatic carbocycles. The van der Waals surface area contributed by atoms with Crippen LogP contribution in [0.5, 0.6) is 0 Å². The Bertz CT molecular complexity index is 554. The standard InChI is InChI=1S/C26H38/c1-3-5-25-13-17-7-18(14-25)10-21(9-17)23(25)24-22-11-19-8-20(12-22)16-26(24,15-19)6-4-2/h3-6,17-24H,7-16H2,1-2H3. The second-order valence-electron chi connectivity index (χ2n) is 11.7. The van der Waals surface area contributed by atoms with Crippen LogP contribution in [-0.2, 0) is 0 Å². The van der Waals surface area contributed by atoms with Gasteiger partial charge < -0.3 is 0 Å². The SMILES string of the molecule is CC=CC12CC3CC(CC(C3)C1C1C3CC4CC(C3)CC1(C=CC)C4)C2. The first-order chi connectivity index (χ1) is 12.6. The highest BCUT2D eigenvalue weighted by atomic mass is 14.7. The summed E-state index contributed by atoms with van der Waals surface area (Å²) in [5, 5.41) is 0. The first kappa shape index (κ1) is 16.4. The van der Waals surface area contributed by atoms with Gasteiger partial charge in [-0.15, -0.1) is 0 Å². The molecule has 0 amide bonds. The second-order valence-corrected chi connectivity index (χ2v) is 11.7. The van der Waals surface area contributed by atoms with Crippen LogP contribution in [0, 0.1) is 58.2 Å². The van der Waals surface area contributed by atoms with Crippen molar-refractivity contribution in [3.8, 4) is 0 Å². The molecule has 0 heteroatoms. The van der Waals surface area contributed by atoms with E-state index in [1.54, 1.807) is 38.5 Å². The minimum atomic E-state index is 0.581. The molecular weight excluding hydrogens is 312 g/mol. The molecule has 8 saturated carbocycles. The van der Waals surface area contributed by atoms with Gasteiger partial charge in [0.2, 0.25) is 0 Å². The minimum absolute atomic E-state index is 0.581. The number of fused-ring (bicyclic) bond motifs is 1. The molecule has 0 spiro atoms. The molecule has 6 unspecified atom stereocenters. The van der Waals surface area contributed by atoms with Crippen LogP contribution < -0.4 is 0 Å². The zero-order valence-corrected chi connectivity index (χ0v) is 17.0. The van der Waals surface area contributed by atoms with Gasteiger partial charge in [0.15, 0.2) is 0 Å². The van der Waals surface area contributed by atoms with E-state index in [0.29, 0.717) is 10.8 Å². The van der Waals surface area contributed by atoms with E-state index in [1.165, 1.54) is 25.7 Å². The third-order valence-corrected chi connectivity index (χ3v) is 10.3. The van der Waals surface area contributed by atoms with Crippen LogP contribution >= 0.6 is 0 Å². The van der Waals surface area contributed by atoms with Gasteiger partial charge in [0.1, 0.15) is 0 Å². The summed E-state index contributed by atoms with van der Waals surface area (Å²) in [6, 6.07) is 0. The normalized spacial score (nSPS) is 59.9. The molecule has 0 heterocycles. The van der Waals surface area contributed by atoms with Gasteiger partial charge in [-0.05, 0) is 136 Å². The quantitative estimate of drug-likeness (QED) is 0.480. The largest absolute Gasteiger partial charge is 0.0911 e. The van der Waals surface area contributed by atoms with Crippen molar-refractivity contribution < 1.29 is 0 Å². The molecule has 0 aliphatic heterocycles. The summed E-state index contributed by atoms with van der Waals surface area (Å²) in [6.45, 7) is 4.60. The lowest BCUT2D eigenvalue weighted by molar-refractivity contribution is -0.185. The van der Waals surface area contributed by atoms with Crippen LogP contribution in [-0.4, -0.2) is 0 Å². The van der Waals surface area contributed by atoms with Gasteiger partial charge >= 0.3 is 0 Å². The van der Waals surface area contributed by atoms with Crippen LogP contribution in [0.15, 0.2) is 24.3 Å². The van der Waals surface area contributed by atoms with Crippen molar-refractivity contribution in [1.82, 2.24) is 0 Å². The molecule has 0 nitrogen and oxygen atoms in total. The molecule has 0 aromatic heterocycles. The van der Waals surface area contributed by atoms with Gasteiger partial charge in [0.25, 0.3) is 0 Å². The zero-order valence-electron chi connectivity index (χ0n) is 17.0. The van der Waals surface area contributed by atoms with Crippen molar-refractivity contribution in [1.29, 1.82) is 0 Å². The van der Waals surface area contributed by atoms with Gasteiger partial charge in [-0.1, -0.05) is 24.3 Å². The Morgan fingerprint density at radius 2 is 0.885 bits per heavy atom. The van der Waals surface area contributed by atoms with Crippen molar-refractivity contribution >= 4 is 0 Å².